The van der Waals surface area contributed by atoms with Gasteiger partial charge >= 0.3 is 0 Å². The minimum absolute atomic E-state index is 0.0378. The summed E-state index contributed by atoms with van der Waals surface area (Å²) >= 11 is 6.10. The van der Waals surface area contributed by atoms with Crippen molar-refractivity contribution >= 4 is 39.1 Å². The summed E-state index contributed by atoms with van der Waals surface area (Å²) in [6.45, 7) is -0.0543. The Hall–Kier alpha value is -3.43. The summed E-state index contributed by atoms with van der Waals surface area (Å²) in [5, 5.41) is 3.52. The molecule has 7 nitrogen and oxygen atoms in total. The van der Waals surface area contributed by atoms with Crippen molar-refractivity contribution in [3.05, 3.63) is 101 Å². The number of carbonyl (C=O) groups excluding carboxylic acids is 2. The van der Waals surface area contributed by atoms with Crippen molar-refractivity contribution in [1.29, 1.82) is 0 Å². The largest absolute Gasteiger partial charge is 0.352 e. The highest BCUT2D eigenvalue weighted by atomic mass is 35.5. The van der Waals surface area contributed by atoms with Crippen LogP contribution >= 0.6 is 11.6 Å². The molecule has 1 aliphatic rings. The average molecular weight is 614 g/mol. The molecule has 2 amide bonds. The Morgan fingerprint density at radius 1 is 1.00 bits per heavy atom. The molecule has 1 saturated carbocycles. The van der Waals surface area contributed by atoms with Gasteiger partial charge in [0.25, 0.3) is 0 Å². The lowest BCUT2D eigenvalue weighted by atomic mass is 10.0. The normalized spacial score (nSPS) is 14.4. The van der Waals surface area contributed by atoms with Gasteiger partial charge in [-0.05, 0) is 49.1 Å². The van der Waals surface area contributed by atoms with Crippen molar-refractivity contribution < 1.29 is 22.4 Å². The van der Waals surface area contributed by atoms with E-state index in [0.29, 0.717) is 16.3 Å². The van der Waals surface area contributed by atoms with E-state index in [4.69, 9.17) is 11.6 Å². The van der Waals surface area contributed by atoms with Crippen LogP contribution in [-0.4, -0.2) is 50.0 Å². The molecular formula is C32H37ClFN3O4S. The highest BCUT2D eigenvalue weighted by Gasteiger charge is 2.32. The molecule has 3 aromatic carbocycles. The molecule has 3 aromatic rings. The molecule has 1 N–H and O–H groups in total. The standard InChI is InChI=1S/C32H37ClFN3O4S/c1-42(40,41)37(28-17-9-14-26(33)22-28)20-10-19-31(38)36(23-25-13-5-8-18-29(25)34)30(21-24-11-3-2-4-12-24)32(39)35-27-15-6-7-16-27/h2-5,8-9,11-14,17-18,22,27,30H,6-7,10,15-16,19-21,23H2,1H3,(H,35,39)/t30-/m0/s1. The monoisotopic (exact) mass is 613 g/mol. The Bertz CT molecular complexity index is 1470. The lowest BCUT2D eigenvalue weighted by Crippen LogP contribution is -2.52. The first kappa shape index (κ1) is 31.5. The van der Waals surface area contributed by atoms with Gasteiger partial charge in [0, 0.05) is 42.6 Å². The Kier molecular flexibility index (Phi) is 11.0. The highest BCUT2D eigenvalue weighted by Crippen LogP contribution is 2.24. The minimum atomic E-state index is -3.65. The number of sulfonamides is 1. The second kappa shape index (κ2) is 14.6. The molecule has 1 atom stereocenters. The van der Waals surface area contributed by atoms with Crippen LogP contribution in [0.2, 0.25) is 5.02 Å². The lowest BCUT2D eigenvalue weighted by Gasteiger charge is -2.33. The van der Waals surface area contributed by atoms with E-state index >= 15 is 0 Å². The topological polar surface area (TPSA) is 86.8 Å². The van der Waals surface area contributed by atoms with Crippen LogP contribution in [0.15, 0.2) is 78.9 Å². The number of nitrogens with zero attached hydrogens (tertiary/aromatic N) is 2. The van der Waals surface area contributed by atoms with Crippen molar-refractivity contribution in [2.45, 2.75) is 63.6 Å². The number of carbonyl (C=O) groups is 2. The zero-order valence-corrected chi connectivity index (χ0v) is 25.3. The van der Waals surface area contributed by atoms with Crippen LogP contribution in [0.4, 0.5) is 10.1 Å². The quantitative estimate of drug-likeness (QED) is 0.267. The maximum atomic E-state index is 14.8. The molecule has 0 spiro atoms. The summed E-state index contributed by atoms with van der Waals surface area (Å²) < 4.78 is 41.2. The van der Waals surface area contributed by atoms with Crippen LogP contribution in [0.1, 0.15) is 49.7 Å². The number of hydrogen-bond donors (Lipinski definition) is 1. The molecule has 1 aliphatic carbocycles. The van der Waals surface area contributed by atoms with Gasteiger partial charge in [0.2, 0.25) is 21.8 Å². The fourth-order valence-electron chi connectivity index (χ4n) is 5.37. The third-order valence-corrected chi connectivity index (χ3v) is 8.95. The van der Waals surface area contributed by atoms with Gasteiger partial charge in [-0.2, -0.15) is 0 Å². The van der Waals surface area contributed by atoms with Gasteiger partial charge in [-0.1, -0.05) is 79.0 Å². The molecular weight excluding hydrogens is 577 g/mol. The third-order valence-electron chi connectivity index (χ3n) is 7.52. The minimum Gasteiger partial charge on any atom is -0.352 e. The summed E-state index contributed by atoms with van der Waals surface area (Å²) in [6.07, 6.45) is 5.36. The second-order valence-corrected chi connectivity index (χ2v) is 13.1. The molecule has 4 rings (SSSR count). The van der Waals surface area contributed by atoms with Gasteiger partial charge in [-0.15, -0.1) is 0 Å². The summed E-state index contributed by atoms with van der Waals surface area (Å²) in [4.78, 5) is 29.1. The molecule has 10 heteroatoms. The first-order valence-electron chi connectivity index (χ1n) is 14.2. The van der Waals surface area contributed by atoms with E-state index in [1.807, 2.05) is 30.3 Å². The number of rotatable bonds is 13. The SMILES string of the molecule is CS(=O)(=O)N(CCCC(=O)N(Cc1ccccc1F)[C@@H](Cc1ccccc1)C(=O)NC1CCCC1)c1cccc(Cl)c1. The summed E-state index contributed by atoms with van der Waals surface area (Å²) in [5.41, 5.74) is 1.58. The van der Waals surface area contributed by atoms with Gasteiger partial charge in [0.1, 0.15) is 11.9 Å². The lowest BCUT2D eigenvalue weighted by molar-refractivity contribution is -0.141. The van der Waals surface area contributed by atoms with Crippen molar-refractivity contribution in [3.63, 3.8) is 0 Å². The Labute approximate surface area is 252 Å². The average Bonchev–Trinajstić information content (AvgIpc) is 3.46. The Balaban J connectivity index is 1.59. The number of hydrogen-bond acceptors (Lipinski definition) is 4. The molecule has 0 heterocycles. The van der Waals surface area contributed by atoms with Crippen LogP contribution in [0, 0.1) is 5.82 Å². The zero-order valence-electron chi connectivity index (χ0n) is 23.7. The summed E-state index contributed by atoms with van der Waals surface area (Å²) in [5.74, 6) is -1.10. The summed E-state index contributed by atoms with van der Waals surface area (Å²) in [6, 6.07) is 21.3. The number of amides is 2. The maximum absolute atomic E-state index is 14.8. The first-order valence-corrected chi connectivity index (χ1v) is 16.4. The number of benzene rings is 3. The van der Waals surface area contributed by atoms with Crippen LogP contribution in [0.25, 0.3) is 0 Å². The fourth-order valence-corrected chi connectivity index (χ4v) is 6.51. The maximum Gasteiger partial charge on any atom is 0.243 e. The van der Waals surface area contributed by atoms with Crippen molar-refractivity contribution in [2.75, 3.05) is 17.1 Å². The predicted octanol–water partition coefficient (Wildman–Crippen LogP) is 5.72. The van der Waals surface area contributed by atoms with E-state index in [0.717, 1.165) is 37.5 Å². The van der Waals surface area contributed by atoms with E-state index in [-0.39, 0.29) is 50.2 Å². The van der Waals surface area contributed by atoms with Gasteiger partial charge in [-0.3, -0.25) is 13.9 Å². The molecule has 0 unspecified atom stereocenters. The van der Waals surface area contributed by atoms with Gasteiger partial charge < -0.3 is 10.2 Å². The van der Waals surface area contributed by atoms with Crippen molar-refractivity contribution in [1.82, 2.24) is 10.2 Å². The van der Waals surface area contributed by atoms with E-state index in [1.54, 1.807) is 42.5 Å². The molecule has 0 radical (unpaired) electrons. The molecule has 0 aliphatic heterocycles. The summed E-state index contributed by atoms with van der Waals surface area (Å²) in [7, 11) is -3.65. The second-order valence-electron chi connectivity index (χ2n) is 10.7. The predicted molar refractivity (Wildman–Crippen MR) is 164 cm³/mol. The number of anilines is 1. The first-order chi connectivity index (χ1) is 20.1. The van der Waals surface area contributed by atoms with E-state index in [9.17, 15) is 22.4 Å². The van der Waals surface area contributed by atoms with Crippen LogP contribution < -0.4 is 9.62 Å². The number of halogens is 2. The molecule has 1 fully saturated rings. The van der Waals surface area contributed by atoms with E-state index in [1.165, 1.54) is 15.3 Å². The molecule has 42 heavy (non-hydrogen) atoms. The Morgan fingerprint density at radius 2 is 1.69 bits per heavy atom. The Morgan fingerprint density at radius 3 is 2.36 bits per heavy atom. The van der Waals surface area contributed by atoms with Crippen molar-refractivity contribution in [2.24, 2.45) is 0 Å². The molecule has 0 saturated heterocycles. The van der Waals surface area contributed by atoms with Crippen LogP contribution in [-0.2, 0) is 32.6 Å². The van der Waals surface area contributed by atoms with E-state index < -0.39 is 21.9 Å². The van der Waals surface area contributed by atoms with Gasteiger partial charge in [0.15, 0.2) is 0 Å². The molecule has 0 bridgehead atoms. The fraction of sp³-hybridized carbons (Fsp3) is 0.375. The number of nitrogens with one attached hydrogen (secondary N) is 1. The molecule has 224 valence electrons. The van der Waals surface area contributed by atoms with Crippen LogP contribution in [0.3, 0.4) is 0 Å². The zero-order chi connectivity index (χ0) is 30.1. The third kappa shape index (κ3) is 8.79. The smallest absolute Gasteiger partial charge is 0.243 e. The highest BCUT2D eigenvalue weighted by molar-refractivity contribution is 7.92. The van der Waals surface area contributed by atoms with Gasteiger partial charge in [0.05, 0.1) is 11.9 Å². The van der Waals surface area contributed by atoms with Gasteiger partial charge in [-0.25, -0.2) is 12.8 Å². The van der Waals surface area contributed by atoms with Crippen LogP contribution in [0.5, 0.6) is 0 Å². The van der Waals surface area contributed by atoms with Crippen molar-refractivity contribution in [3.8, 4) is 0 Å². The molecule has 0 aromatic heterocycles. The van der Waals surface area contributed by atoms with E-state index in [2.05, 4.69) is 5.32 Å².